The van der Waals surface area contributed by atoms with Gasteiger partial charge < -0.3 is 10.1 Å². The van der Waals surface area contributed by atoms with Crippen LogP contribution in [-0.4, -0.2) is 51.0 Å². The van der Waals surface area contributed by atoms with Crippen LogP contribution in [0.1, 0.15) is 65.3 Å². The van der Waals surface area contributed by atoms with Crippen molar-refractivity contribution in [2.45, 2.75) is 57.7 Å². The number of alkyl halides is 2. The van der Waals surface area contributed by atoms with E-state index in [1.54, 1.807) is 28.0 Å². The number of halogens is 3. The Morgan fingerprint density at radius 3 is 2.72 bits per heavy atom. The van der Waals surface area contributed by atoms with Gasteiger partial charge in [0.25, 0.3) is 5.91 Å². The van der Waals surface area contributed by atoms with Gasteiger partial charge in [-0.25, -0.2) is 9.67 Å². The number of anilines is 1. The summed E-state index contributed by atoms with van der Waals surface area (Å²) in [5.74, 6) is 1.16. The Labute approximate surface area is 228 Å². The molecule has 2 aliphatic carbocycles. The lowest BCUT2D eigenvalue weighted by Crippen LogP contribution is -2.43. The van der Waals surface area contributed by atoms with E-state index in [0.717, 1.165) is 24.1 Å². The number of hydrogen-bond donors (Lipinski definition) is 1. The van der Waals surface area contributed by atoms with E-state index in [1.165, 1.54) is 12.1 Å². The number of carbonyl (C=O) groups is 2. The van der Waals surface area contributed by atoms with E-state index < -0.39 is 6.61 Å². The van der Waals surface area contributed by atoms with Gasteiger partial charge in [-0.2, -0.15) is 8.78 Å². The fraction of sp³-hybridized carbons (Fsp3) is 0.444. The summed E-state index contributed by atoms with van der Waals surface area (Å²) in [5, 5.41) is 11.6. The second-order valence-electron chi connectivity index (χ2n) is 10.6. The van der Waals surface area contributed by atoms with Crippen molar-refractivity contribution in [3.05, 3.63) is 64.1 Å². The molecule has 3 aliphatic rings. The number of nitrogens with zero attached hydrogens (tertiary/aromatic N) is 5. The van der Waals surface area contributed by atoms with E-state index in [0.29, 0.717) is 35.2 Å². The zero-order valence-corrected chi connectivity index (χ0v) is 22.1. The number of benzene rings is 1. The number of amides is 2. The van der Waals surface area contributed by atoms with Gasteiger partial charge in [-0.1, -0.05) is 16.8 Å². The first-order valence-electron chi connectivity index (χ1n) is 12.9. The van der Waals surface area contributed by atoms with E-state index in [9.17, 15) is 18.4 Å². The van der Waals surface area contributed by atoms with Crippen molar-refractivity contribution in [2.24, 2.45) is 11.8 Å². The van der Waals surface area contributed by atoms with Crippen molar-refractivity contribution < 1.29 is 23.1 Å². The maximum Gasteiger partial charge on any atom is 0.387 e. The number of aromatic nitrogens is 4. The molecule has 6 rings (SSSR count). The lowest BCUT2D eigenvalue weighted by molar-refractivity contribution is -0.118. The Kier molecular flexibility index (Phi) is 6.49. The molecule has 0 bridgehead atoms. The molecule has 2 amide bonds. The number of aryl methyl sites for hydroxylation is 1. The van der Waals surface area contributed by atoms with Crippen LogP contribution >= 0.6 is 11.6 Å². The highest BCUT2D eigenvalue weighted by molar-refractivity contribution is 6.30. The highest BCUT2D eigenvalue weighted by atomic mass is 35.5. The standard InChI is InChI=1S/C27H27ClF2N6O3/c1-13-5-24(35-11-16-8-20(16)26(35)38)31-10-21(13)14(2)36-12-22(33-34-36)25(37)32-18-6-15(7-18)19-9-17(28)3-4-23(19)39-27(29)30/h3-5,9-10,12,14-16,18,20,27H,6-8,11H2,1-2H3,(H,32,37)/t14-,15-,16+,18+,20+/m0/s1. The Morgan fingerprint density at radius 2 is 2.03 bits per heavy atom. The fourth-order valence-corrected chi connectivity index (χ4v) is 5.80. The number of rotatable bonds is 8. The Bertz CT molecular complexity index is 1440. The van der Waals surface area contributed by atoms with Crippen LogP contribution in [0, 0.1) is 18.8 Å². The van der Waals surface area contributed by atoms with E-state index in [4.69, 9.17) is 11.6 Å². The van der Waals surface area contributed by atoms with Crippen molar-refractivity contribution >= 4 is 29.2 Å². The predicted molar refractivity (Wildman–Crippen MR) is 138 cm³/mol. The Balaban J connectivity index is 1.07. The molecule has 3 fully saturated rings. The van der Waals surface area contributed by atoms with Crippen LogP contribution in [0.25, 0.3) is 0 Å². The highest BCUT2D eigenvalue weighted by Gasteiger charge is 2.52. The summed E-state index contributed by atoms with van der Waals surface area (Å²) in [6.45, 7) is 1.71. The van der Waals surface area contributed by atoms with Crippen LogP contribution in [-0.2, 0) is 4.79 Å². The van der Waals surface area contributed by atoms with Crippen LogP contribution < -0.4 is 15.0 Å². The van der Waals surface area contributed by atoms with Gasteiger partial charge in [-0.05, 0) is 85.9 Å². The van der Waals surface area contributed by atoms with Gasteiger partial charge in [0.1, 0.15) is 11.6 Å². The molecule has 1 aliphatic heterocycles. The largest absolute Gasteiger partial charge is 0.435 e. The lowest BCUT2D eigenvalue weighted by atomic mass is 9.75. The number of ether oxygens (including phenoxy) is 1. The summed E-state index contributed by atoms with van der Waals surface area (Å²) in [6.07, 6.45) is 5.46. The molecule has 1 N–H and O–H groups in total. The molecule has 12 heteroatoms. The fourth-order valence-electron chi connectivity index (χ4n) is 5.62. The summed E-state index contributed by atoms with van der Waals surface area (Å²) in [4.78, 5) is 31.5. The van der Waals surface area contributed by atoms with Crippen molar-refractivity contribution in [1.29, 1.82) is 0 Å². The molecule has 39 heavy (non-hydrogen) atoms. The number of piperidine rings is 1. The first-order chi connectivity index (χ1) is 18.7. The summed E-state index contributed by atoms with van der Waals surface area (Å²) in [6, 6.07) is 6.13. The normalized spacial score (nSPS) is 24.4. The van der Waals surface area contributed by atoms with Gasteiger partial charge in [-0.3, -0.25) is 14.5 Å². The van der Waals surface area contributed by atoms with Crippen molar-refractivity contribution in [1.82, 2.24) is 25.3 Å². The SMILES string of the molecule is Cc1cc(N2C[C@H]3C[C@H]3C2=O)ncc1[C@H](C)n1cc(C(=O)N[C@H]2C[C@@H](c3cc(Cl)ccc3OC(F)F)C2)nn1. The molecule has 0 unspecified atom stereocenters. The zero-order chi connectivity index (χ0) is 27.4. The van der Waals surface area contributed by atoms with Gasteiger partial charge in [-0.15, -0.1) is 5.10 Å². The topological polar surface area (TPSA) is 102 Å². The van der Waals surface area contributed by atoms with E-state index >= 15 is 0 Å². The molecule has 9 nitrogen and oxygen atoms in total. The summed E-state index contributed by atoms with van der Waals surface area (Å²) in [7, 11) is 0. The van der Waals surface area contributed by atoms with Gasteiger partial charge in [0, 0.05) is 29.7 Å². The van der Waals surface area contributed by atoms with E-state index in [1.807, 2.05) is 19.9 Å². The number of carbonyl (C=O) groups excluding carboxylic acids is 2. The first-order valence-corrected chi connectivity index (χ1v) is 13.3. The molecule has 2 aromatic heterocycles. The Morgan fingerprint density at radius 1 is 1.23 bits per heavy atom. The average molecular weight is 557 g/mol. The van der Waals surface area contributed by atoms with Gasteiger partial charge in [0.2, 0.25) is 5.91 Å². The third-order valence-electron chi connectivity index (χ3n) is 8.03. The number of fused-ring (bicyclic) bond motifs is 1. The summed E-state index contributed by atoms with van der Waals surface area (Å²) >= 11 is 6.06. The zero-order valence-electron chi connectivity index (χ0n) is 21.4. The van der Waals surface area contributed by atoms with Crippen molar-refractivity contribution in [3.8, 4) is 5.75 Å². The average Bonchev–Trinajstić information content (AvgIpc) is 3.32. The van der Waals surface area contributed by atoms with Gasteiger partial charge in [0.15, 0.2) is 5.69 Å². The number of hydrogen-bond acceptors (Lipinski definition) is 6. The third-order valence-corrected chi connectivity index (χ3v) is 8.26. The number of nitrogens with one attached hydrogen (secondary N) is 1. The van der Waals surface area contributed by atoms with Gasteiger partial charge >= 0.3 is 6.61 Å². The van der Waals surface area contributed by atoms with E-state index in [-0.39, 0.29) is 47.2 Å². The molecular weight excluding hydrogens is 530 g/mol. The van der Waals surface area contributed by atoms with Crippen LogP contribution in [0.4, 0.5) is 14.6 Å². The second-order valence-corrected chi connectivity index (χ2v) is 11.0. The van der Waals surface area contributed by atoms with Crippen LogP contribution in [0.3, 0.4) is 0 Å². The van der Waals surface area contributed by atoms with Gasteiger partial charge in [0.05, 0.1) is 12.2 Å². The predicted octanol–water partition coefficient (Wildman–Crippen LogP) is 4.50. The van der Waals surface area contributed by atoms with E-state index in [2.05, 4.69) is 25.3 Å². The maximum absolute atomic E-state index is 12.8. The summed E-state index contributed by atoms with van der Waals surface area (Å²) < 4.78 is 31.8. The molecule has 1 saturated heterocycles. The number of pyridine rings is 1. The molecule has 2 saturated carbocycles. The van der Waals surface area contributed by atoms with Crippen molar-refractivity contribution in [3.63, 3.8) is 0 Å². The molecule has 0 spiro atoms. The van der Waals surface area contributed by atoms with Crippen LogP contribution in [0.2, 0.25) is 5.02 Å². The first kappa shape index (κ1) is 25.7. The van der Waals surface area contributed by atoms with Crippen molar-refractivity contribution in [2.75, 3.05) is 11.4 Å². The van der Waals surface area contributed by atoms with Crippen LogP contribution in [0.5, 0.6) is 5.75 Å². The molecule has 3 heterocycles. The molecule has 204 valence electrons. The molecule has 0 radical (unpaired) electrons. The lowest BCUT2D eigenvalue weighted by Gasteiger charge is -2.36. The minimum Gasteiger partial charge on any atom is -0.435 e. The highest BCUT2D eigenvalue weighted by Crippen LogP contribution is 2.47. The minimum atomic E-state index is -2.93. The molecule has 3 aromatic rings. The Hall–Kier alpha value is -3.60. The molecule has 3 atom stereocenters. The third kappa shape index (κ3) is 4.95. The quantitative estimate of drug-likeness (QED) is 0.438. The monoisotopic (exact) mass is 556 g/mol. The van der Waals surface area contributed by atoms with Crippen LogP contribution in [0.15, 0.2) is 36.7 Å². The molecule has 1 aromatic carbocycles. The maximum atomic E-state index is 12.8. The molecular formula is C27H27ClF2N6O3. The second kappa shape index (κ2) is 9.86. The smallest absolute Gasteiger partial charge is 0.387 e. The minimum absolute atomic E-state index is 0.0569. The summed E-state index contributed by atoms with van der Waals surface area (Å²) in [5.41, 5.74) is 2.67.